The Balaban J connectivity index is 1.87. The van der Waals surface area contributed by atoms with Crippen molar-refractivity contribution < 1.29 is 9.47 Å². The molecule has 1 atom stereocenters. The number of anilines is 1. The summed E-state index contributed by atoms with van der Waals surface area (Å²) in [5, 5.41) is 3.62. The van der Waals surface area contributed by atoms with Crippen LogP contribution in [-0.4, -0.2) is 14.2 Å². The topological polar surface area (TPSA) is 30.5 Å². The van der Waals surface area contributed by atoms with Crippen molar-refractivity contribution in [1.82, 2.24) is 0 Å². The summed E-state index contributed by atoms with van der Waals surface area (Å²) in [6.07, 6.45) is 0.995. The fourth-order valence-electron chi connectivity index (χ4n) is 3.10. The summed E-state index contributed by atoms with van der Waals surface area (Å²) in [6, 6.07) is 13.2. The van der Waals surface area contributed by atoms with Gasteiger partial charge in [0.15, 0.2) is 11.5 Å². The van der Waals surface area contributed by atoms with E-state index >= 15 is 0 Å². The van der Waals surface area contributed by atoms with Crippen molar-refractivity contribution in [2.24, 2.45) is 0 Å². The zero-order valence-electron chi connectivity index (χ0n) is 14.6. The molecule has 23 heavy (non-hydrogen) atoms. The van der Waals surface area contributed by atoms with E-state index in [1.807, 2.05) is 6.07 Å². The van der Waals surface area contributed by atoms with Crippen LogP contribution < -0.4 is 14.8 Å². The molecule has 1 aliphatic heterocycles. The Morgan fingerprint density at radius 1 is 0.957 bits per heavy atom. The lowest BCUT2D eigenvalue weighted by Crippen LogP contribution is -2.10. The summed E-state index contributed by atoms with van der Waals surface area (Å²) >= 11 is 0. The number of methoxy groups -OCH3 is 2. The first-order valence-corrected chi connectivity index (χ1v) is 8.04. The van der Waals surface area contributed by atoms with Gasteiger partial charge in [0, 0.05) is 5.69 Å². The van der Waals surface area contributed by atoms with Gasteiger partial charge < -0.3 is 14.8 Å². The zero-order chi connectivity index (χ0) is 16.6. The van der Waals surface area contributed by atoms with Gasteiger partial charge in [-0.1, -0.05) is 39.0 Å². The van der Waals surface area contributed by atoms with E-state index in [1.165, 1.54) is 22.4 Å². The van der Waals surface area contributed by atoms with Gasteiger partial charge in [-0.05, 0) is 46.7 Å². The van der Waals surface area contributed by atoms with Gasteiger partial charge in [0.1, 0.15) is 0 Å². The van der Waals surface area contributed by atoms with E-state index in [2.05, 4.69) is 56.4 Å². The molecule has 1 unspecified atom stereocenters. The number of hydrogen-bond donors (Lipinski definition) is 1. The summed E-state index contributed by atoms with van der Waals surface area (Å²) in [7, 11) is 3.34. The summed E-state index contributed by atoms with van der Waals surface area (Å²) in [5.41, 5.74) is 5.40. The number of ether oxygens (including phenoxy) is 2. The van der Waals surface area contributed by atoms with Crippen LogP contribution >= 0.6 is 0 Å². The molecule has 0 aliphatic carbocycles. The molecule has 0 fully saturated rings. The molecule has 2 aromatic rings. The molecule has 0 amide bonds. The van der Waals surface area contributed by atoms with Gasteiger partial charge in [0.2, 0.25) is 0 Å². The molecule has 1 aliphatic rings. The van der Waals surface area contributed by atoms with E-state index in [1.54, 1.807) is 14.2 Å². The minimum atomic E-state index is 0.177. The fourth-order valence-corrected chi connectivity index (χ4v) is 3.10. The molecule has 3 rings (SSSR count). The summed E-state index contributed by atoms with van der Waals surface area (Å²) in [4.78, 5) is 0. The van der Waals surface area contributed by atoms with E-state index in [-0.39, 0.29) is 11.5 Å². The molecule has 1 heterocycles. The van der Waals surface area contributed by atoms with Crippen LogP contribution in [0.2, 0.25) is 0 Å². The van der Waals surface area contributed by atoms with Crippen LogP contribution in [0.4, 0.5) is 5.69 Å². The Kier molecular flexibility index (Phi) is 3.97. The maximum atomic E-state index is 5.42. The smallest absolute Gasteiger partial charge is 0.161 e. The number of benzene rings is 2. The quantitative estimate of drug-likeness (QED) is 0.890. The summed E-state index contributed by atoms with van der Waals surface area (Å²) < 4.78 is 10.7. The highest BCUT2D eigenvalue weighted by molar-refractivity contribution is 5.60. The van der Waals surface area contributed by atoms with E-state index in [9.17, 15) is 0 Å². The molecule has 3 heteroatoms. The third-order valence-electron chi connectivity index (χ3n) is 4.54. The second-order valence-corrected chi connectivity index (χ2v) is 7.14. The third kappa shape index (κ3) is 3.00. The lowest BCUT2D eigenvalue weighted by atomic mass is 9.85. The van der Waals surface area contributed by atoms with Crippen molar-refractivity contribution in [1.29, 1.82) is 0 Å². The largest absolute Gasteiger partial charge is 0.493 e. The maximum Gasteiger partial charge on any atom is 0.161 e. The molecule has 2 aromatic carbocycles. The molecular formula is C20H25NO2. The maximum absolute atomic E-state index is 5.42. The van der Waals surface area contributed by atoms with Crippen molar-refractivity contribution in [3.63, 3.8) is 0 Å². The summed E-state index contributed by atoms with van der Waals surface area (Å²) in [5.74, 6) is 1.54. The Morgan fingerprint density at radius 2 is 1.70 bits per heavy atom. The third-order valence-corrected chi connectivity index (χ3v) is 4.54. The van der Waals surface area contributed by atoms with Crippen LogP contribution in [0.1, 0.15) is 43.5 Å². The van der Waals surface area contributed by atoms with Crippen LogP contribution in [0, 0.1) is 0 Å². The molecule has 122 valence electrons. The van der Waals surface area contributed by atoms with Crippen LogP contribution in [0.15, 0.2) is 36.4 Å². The predicted octanol–water partition coefficient (Wildman–Crippen LogP) is 4.71. The molecule has 0 saturated heterocycles. The molecule has 0 radical (unpaired) electrons. The van der Waals surface area contributed by atoms with Gasteiger partial charge in [0.05, 0.1) is 20.3 Å². The molecule has 1 N–H and O–H groups in total. The normalized spacial score (nSPS) is 16.7. The van der Waals surface area contributed by atoms with E-state index in [0.29, 0.717) is 0 Å². The van der Waals surface area contributed by atoms with Crippen molar-refractivity contribution >= 4 is 5.69 Å². The minimum Gasteiger partial charge on any atom is -0.493 e. The highest BCUT2D eigenvalue weighted by Gasteiger charge is 2.25. The van der Waals surface area contributed by atoms with Gasteiger partial charge in [-0.2, -0.15) is 0 Å². The van der Waals surface area contributed by atoms with Gasteiger partial charge >= 0.3 is 0 Å². The highest BCUT2D eigenvalue weighted by atomic mass is 16.5. The SMILES string of the molecule is COc1ccc(C2Cc3cc(C(C)(C)C)ccc3N2)cc1OC. The molecule has 3 nitrogen and oxygen atoms in total. The molecule has 0 bridgehead atoms. The Bertz CT molecular complexity index is 716. The monoisotopic (exact) mass is 311 g/mol. The predicted molar refractivity (Wildman–Crippen MR) is 94.8 cm³/mol. The highest BCUT2D eigenvalue weighted by Crippen LogP contribution is 2.39. The number of fused-ring (bicyclic) bond motifs is 1. The first-order valence-electron chi connectivity index (χ1n) is 8.04. The van der Waals surface area contributed by atoms with Crippen LogP contribution in [0.5, 0.6) is 11.5 Å². The fraction of sp³-hybridized carbons (Fsp3) is 0.400. The van der Waals surface area contributed by atoms with Gasteiger partial charge in [0.25, 0.3) is 0 Å². The van der Waals surface area contributed by atoms with E-state index in [4.69, 9.17) is 9.47 Å². The minimum absolute atomic E-state index is 0.177. The first-order chi connectivity index (χ1) is 10.9. The average Bonchev–Trinajstić information content (AvgIpc) is 2.96. The number of nitrogens with one attached hydrogen (secondary N) is 1. The first kappa shape index (κ1) is 15.7. The Morgan fingerprint density at radius 3 is 2.35 bits per heavy atom. The van der Waals surface area contributed by atoms with Crippen LogP contribution in [-0.2, 0) is 11.8 Å². The molecule has 0 spiro atoms. The van der Waals surface area contributed by atoms with E-state index < -0.39 is 0 Å². The number of rotatable bonds is 3. The second-order valence-electron chi connectivity index (χ2n) is 7.14. The van der Waals surface area contributed by atoms with Gasteiger partial charge in [-0.25, -0.2) is 0 Å². The standard InChI is InChI=1S/C20H25NO2/c1-20(2,3)15-7-8-16-14(10-15)11-17(21-16)13-6-9-18(22-4)19(12-13)23-5/h6-10,12,17,21H,11H2,1-5H3. The van der Waals surface area contributed by atoms with E-state index in [0.717, 1.165) is 17.9 Å². The van der Waals surface area contributed by atoms with Gasteiger partial charge in [-0.15, -0.1) is 0 Å². The second kappa shape index (κ2) is 5.80. The molecular weight excluding hydrogens is 286 g/mol. The summed E-state index contributed by atoms with van der Waals surface area (Å²) in [6.45, 7) is 6.76. The Hall–Kier alpha value is -2.16. The average molecular weight is 311 g/mol. The zero-order valence-corrected chi connectivity index (χ0v) is 14.6. The molecule has 0 saturated carbocycles. The molecule has 0 aromatic heterocycles. The van der Waals surface area contributed by atoms with Crippen LogP contribution in [0.3, 0.4) is 0 Å². The van der Waals surface area contributed by atoms with Crippen molar-refractivity contribution in [2.75, 3.05) is 19.5 Å². The number of hydrogen-bond acceptors (Lipinski definition) is 3. The van der Waals surface area contributed by atoms with Crippen LogP contribution in [0.25, 0.3) is 0 Å². The lowest BCUT2D eigenvalue weighted by Gasteiger charge is -2.19. The van der Waals surface area contributed by atoms with Crippen molar-refractivity contribution in [2.45, 2.75) is 38.6 Å². The lowest BCUT2D eigenvalue weighted by molar-refractivity contribution is 0.354. The van der Waals surface area contributed by atoms with Crippen molar-refractivity contribution in [3.05, 3.63) is 53.1 Å². The Labute approximate surface area is 138 Å². The van der Waals surface area contributed by atoms with Gasteiger partial charge in [-0.3, -0.25) is 0 Å². The van der Waals surface area contributed by atoms with Crippen molar-refractivity contribution in [3.8, 4) is 11.5 Å².